The normalized spacial score (nSPS) is 8.82. The van der Waals surface area contributed by atoms with Gasteiger partial charge in [0.25, 0.3) is 0 Å². The Balaban J connectivity index is 0. The van der Waals surface area contributed by atoms with Crippen LogP contribution in [0, 0.1) is 5.92 Å². The van der Waals surface area contributed by atoms with Crippen LogP contribution in [0.15, 0.2) is 24.3 Å². The molecule has 1 radical (unpaired) electrons. The Morgan fingerprint density at radius 1 is 1.12 bits per heavy atom. The van der Waals surface area contributed by atoms with Crippen molar-refractivity contribution in [3.63, 3.8) is 0 Å². The van der Waals surface area contributed by atoms with Crippen molar-refractivity contribution in [2.45, 2.75) is 34.1 Å². The van der Waals surface area contributed by atoms with E-state index in [0.29, 0.717) is 5.92 Å². The van der Waals surface area contributed by atoms with E-state index < -0.39 is 0 Å². The van der Waals surface area contributed by atoms with E-state index in [1.165, 1.54) is 0 Å². The minimum Gasteiger partial charge on any atom is -0.687 e. The van der Waals surface area contributed by atoms with E-state index in [4.69, 9.17) is 4.74 Å². The minimum absolute atomic E-state index is 0. The van der Waals surface area contributed by atoms with Crippen molar-refractivity contribution in [1.82, 2.24) is 0 Å². The van der Waals surface area contributed by atoms with Crippen molar-refractivity contribution >= 4 is 5.69 Å². The van der Waals surface area contributed by atoms with Crippen LogP contribution in [-0.2, 0) is 32.7 Å². The molecule has 0 atom stereocenters. The summed E-state index contributed by atoms with van der Waals surface area (Å²) >= 11 is 0. The first-order valence-electron chi connectivity index (χ1n) is 6.05. The van der Waals surface area contributed by atoms with Crippen LogP contribution >= 0.6 is 0 Å². The molecule has 1 aromatic rings. The standard InChI is InChI=1S/C12H18NO.C2H6.Y/c1-10(2)8-9-14-12-6-4-11(13-3)5-7-12;1-2;/h4-7,10H,8-9H2,1-3H3;1-2H3;/q-1;;. The van der Waals surface area contributed by atoms with Crippen LogP contribution in [0.5, 0.6) is 5.75 Å². The van der Waals surface area contributed by atoms with Gasteiger partial charge in [-0.1, -0.05) is 39.8 Å². The van der Waals surface area contributed by atoms with E-state index in [2.05, 4.69) is 19.2 Å². The summed E-state index contributed by atoms with van der Waals surface area (Å²) in [5.74, 6) is 1.62. The maximum atomic E-state index is 5.57. The first-order valence-corrected chi connectivity index (χ1v) is 6.05. The Labute approximate surface area is 131 Å². The van der Waals surface area contributed by atoms with Gasteiger partial charge in [-0.25, -0.2) is 0 Å². The number of nitrogens with zero attached hydrogens (tertiary/aromatic N) is 1. The quantitative estimate of drug-likeness (QED) is 0.768. The van der Waals surface area contributed by atoms with Gasteiger partial charge in [-0.3, -0.25) is 0 Å². The summed E-state index contributed by atoms with van der Waals surface area (Å²) in [7, 11) is 1.79. The van der Waals surface area contributed by atoms with Crippen LogP contribution in [0.1, 0.15) is 34.1 Å². The summed E-state index contributed by atoms with van der Waals surface area (Å²) in [5.41, 5.74) is 0.987. The van der Waals surface area contributed by atoms with E-state index in [0.717, 1.165) is 24.5 Å². The molecule has 2 nitrogen and oxygen atoms in total. The van der Waals surface area contributed by atoms with Crippen LogP contribution in [-0.4, -0.2) is 13.7 Å². The van der Waals surface area contributed by atoms with Crippen LogP contribution in [0.25, 0.3) is 5.32 Å². The van der Waals surface area contributed by atoms with Gasteiger partial charge in [0.15, 0.2) is 0 Å². The summed E-state index contributed by atoms with van der Waals surface area (Å²) in [6.07, 6.45) is 1.10. The molecule has 1 rings (SSSR count). The van der Waals surface area contributed by atoms with E-state index in [1.807, 2.05) is 38.1 Å². The summed E-state index contributed by atoms with van der Waals surface area (Å²) in [6, 6.07) is 7.85. The van der Waals surface area contributed by atoms with E-state index >= 15 is 0 Å². The van der Waals surface area contributed by atoms with Gasteiger partial charge in [0.2, 0.25) is 0 Å². The molecule has 17 heavy (non-hydrogen) atoms. The largest absolute Gasteiger partial charge is 0.687 e. The monoisotopic (exact) mass is 311 g/mol. The van der Waals surface area contributed by atoms with Gasteiger partial charge in [-0.15, -0.1) is 12.7 Å². The molecule has 0 heterocycles. The van der Waals surface area contributed by atoms with Crippen molar-refractivity contribution in [2.75, 3.05) is 13.7 Å². The molecule has 0 bridgehead atoms. The zero-order valence-electron chi connectivity index (χ0n) is 11.7. The molecule has 0 aromatic heterocycles. The van der Waals surface area contributed by atoms with Crippen LogP contribution in [0.3, 0.4) is 0 Å². The van der Waals surface area contributed by atoms with Gasteiger partial charge in [0.1, 0.15) is 5.75 Å². The van der Waals surface area contributed by atoms with Crippen LogP contribution in [0.2, 0.25) is 0 Å². The summed E-state index contributed by atoms with van der Waals surface area (Å²) < 4.78 is 5.57. The Morgan fingerprint density at radius 3 is 2.06 bits per heavy atom. The summed E-state index contributed by atoms with van der Waals surface area (Å²) in [4.78, 5) is 0. The summed E-state index contributed by atoms with van der Waals surface area (Å²) in [5, 5.41) is 4.06. The molecule has 0 unspecified atom stereocenters. The van der Waals surface area contributed by atoms with Crippen molar-refractivity contribution in [2.24, 2.45) is 5.92 Å². The molecule has 0 saturated carbocycles. The van der Waals surface area contributed by atoms with E-state index in [-0.39, 0.29) is 32.7 Å². The predicted molar refractivity (Wildman–Crippen MR) is 71.7 cm³/mol. The van der Waals surface area contributed by atoms with Crippen LogP contribution < -0.4 is 4.74 Å². The fourth-order valence-corrected chi connectivity index (χ4v) is 1.10. The SMILES string of the molecule is CC.C[N-]c1ccc(OCCC(C)C)cc1.[Y]. The first kappa shape index (κ1) is 19.3. The van der Waals surface area contributed by atoms with Gasteiger partial charge < -0.3 is 10.1 Å². The molecule has 0 aliphatic carbocycles. The molecule has 95 valence electrons. The molecule has 1 aromatic carbocycles. The average Bonchev–Trinajstić information content (AvgIpc) is 2.32. The molecule has 0 saturated heterocycles. The van der Waals surface area contributed by atoms with Crippen LogP contribution in [0.4, 0.5) is 5.69 Å². The van der Waals surface area contributed by atoms with E-state index in [9.17, 15) is 0 Å². The van der Waals surface area contributed by atoms with Gasteiger partial charge >= 0.3 is 0 Å². The second-order valence-corrected chi connectivity index (χ2v) is 3.75. The second-order valence-electron chi connectivity index (χ2n) is 3.75. The molecule has 0 N–H and O–H groups in total. The topological polar surface area (TPSA) is 23.3 Å². The maximum absolute atomic E-state index is 5.57. The van der Waals surface area contributed by atoms with Gasteiger partial charge in [-0.2, -0.15) is 0 Å². The number of hydrogen-bond donors (Lipinski definition) is 0. The number of hydrogen-bond acceptors (Lipinski definition) is 1. The third kappa shape index (κ3) is 9.61. The Bertz CT molecular complexity index is 259. The van der Waals surface area contributed by atoms with Gasteiger partial charge in [0, 0.05) is 32.7 Å². The molecular weight excluding hydrogens is 287 g/mol. The smallest absolute Gasteiger partial charge is 0.119 e. The second kappa shape index (κ2) is 12.4. The van der Waals surface area contributed by atoms with Crippen molar-refractivity contribution in [3.8, 4) is 5.75 Å². The third-order valence-corrected chi connectivity index (χ3v) is 2.06. The zero-order chi connectivity index (χ0) is 12.4. The minimum atomic E-state index is 0. The maximum Gasteiger partial charge on any atom is 0.119 e. The Morgan fingerprint density at radius 2 is 1.65 bits per heavy atom. The average molecular weight is 311 g/mol. The molecule has 0 amide bonds. The van der Waals surface area contributed by atoms with Crippen molar-refractivity contribution in [3.05, 3.63) is 29.6 Å². The number of benzene rings is 1. The number of rotatable bonds is 5. The number of ether oxygens (including phenoxy) is 1. The third-order valence-electron chi connectivity index (χ3n) is 2.06. The Hall–Kier alpha value is -0.0761. The summed E-state index contributed by atoms with van der Waals surface area (Å²) in [6.45, 7) is 9.19. The fourth-order valence-electron chi connectivity index (χ4n) is 1.10. The first-order chi connectivity index (χ1) is 7.72. The molecule has 3 heteroatoms. The molecule has 0 aliphatic heterocycles. The molecule has 0 aliphatic rings. The predicted octanol–water partition coefficient (Wildman–Crippen LogP) is 4.77. The van der Waals surface area contributed by atoms with Crippen molar-refractivity contribution in [1.29, 1.82) is 0 Å². The zero-order valence-corrected chi connectivity index (χ0v) is 14.6. The van der Waals surface area contributed by atoms with E-state index in [1.54, 1.807) is 7.05 Å². The van der Waals surface area contributed by atoms with Gasteiger partial charge in [0.05, 0.1) is 6.61 Å². The Kier molecular flexibility index (Phi) is 14.0. The van der Waals surface area contributed by atoms with Crippen molar-refractivity contribution < 1.29 is 37.4 Å². The van der Waals surface area contributed by atoms with Gasteiger partial charge in [-0.05, 0) is 24.5 Å². The molecular formula is C14H24NOY-. The molecule has 0 fully saturated rings. The molecule has 0 spiro atoms. The fraction of sp³-hybridized carbons (Fsp3) is 0.571.